The summed E-state index contributed by atoms with van der Waals surface area (Å²) in [6.07, 6.45) is 4.12. The van der Waals surface area contributed by atoms with Gasteiger partial charge in [-0.3, -0.25) is 0 Å². The molecule has 0 amide bonds. The van der Waals surface area contributed by atoms with E-state index in [9.17, 15) is 8.78 Å². The third kappa shape index (κ3) is 2.53. The fourth-order valence-corrected chi connectivity index (χ4v) is 1.89. The first kappa shape index (κ1) is 10.6. The van der Waals surface area contributed by atoms with Crippen molar-refractivity contribution in [1.82, 2.24) is 0 Å². The van der Waals surface area contributed by atoms with Gasteiger partial charge in [-0.25, -0.2) is 8.78 Å². The maximum absolute atomic E-state index is 13.0. The third-order valence-electron chi connectivity index (χ3n) is 2.75. The fraction of sp³-hybridized carbons (Fsp3) is 0.500. The molecule has 0 radical (unpaired) electrons. The minimum absolute atomic E-state index is 0.0670. The first-order valence-electron chi connectivity index (χ1n) is 5.34. The predicted molar refractivity (Wildman–Crippen MR) is 53.5 cm³/mol. The van der Waals surface area contributed by atoms with E-state index in [-0.39, 0.29) is 6.10 Å². The van der Waals surface area contributed by atoms with Crippen LogP contribution in [-0.2, 0) is 4.74 Å². The van der Waals surface area contributed by atoms with E-state index in [1.807, 2.05) is 0 Å². The van der Waals surface area contributed by atoms with Gasteiger partial charge in [0.1, 0.15) is 0 Å². The van der Waals surface area contributed by atoms with E-state index < -0.39 is 11.6 Å². The molecule has 0 N–H and O–H groups in total. The van der Waals surface area contributed by atoms with E-state index in [2.05, 4.69) is 0 Å². The zero-order valence-corrected chi connectivity index (χ0v) is 8.51. The van der Waals surface area contributed by atoms with E-state index in [1.54, 1.807) is 6.07 Å². The summed E-state index contributed by atoms with van der Waals surface area (Å²) in [5, 5.41) is 0. The van der Waals surface area contributed by atoms with Crippen LogP contribution in [0.4, 0.5) is 8.78 Å². The van der Waals surface area contributed by atoms with E-state index >= 15 is 0 Å². The van der Waals surface area contributed by atoms with Gasteiger partial charge in [0.2, 0.25) is 0 Å². The van der Waals surface area contributed by atoms with Crippen LogP contribution in [0.25, 0.3) is 0 Å². The zero-order chi connectivity index (χ0) is 10.7. The van der Waals surface area contributed by atoms with E-state index in [0.29, 0.717) is 6.61 Å². The lowest BCUT2D eigenvalue weighted by atomic mass is 10.0. The van der Waals surface area contributed by atoms with Crippen molar-refractivity contribution >= 4 is 0 Å². The highest BCUT2D eigenvalue weighted by Crippen LogP contribution is 2.27. The molecular weight excluding hydrogens is 198 g/mol. The van der Waals surface area contributed by atoms with E-state index in [0.717, 1.165) is 31.2 Å². The second-order valence-corrected chi connectivity index (χ2v) is 3.88. The number of rotatable bonds is 1. The quantitative estimate of drug-likeness (QED) is 0.691. The highest BCUT2D eigenvalue weighted by molar-refractivity contribution is 5.20. The molecule has 0 bridgehead atoms. The summed E-state index contributed by atoms with van der Waals surface area (Å²) in [5.74, 6) is -1.59. The Hall–Kier alpha value is -0.960. The molecule has 3 heteroatoms. The Morgan fingerprint density at radius 2 is 1.93 bits per heavy atom. The Morgan fingerprint density at radius 1 is 1.07 bits per heavy atom. The first-order valence-corrected chi connectivity index (χ1v) is 5.34. The molecule has 2 rings (SSSR count). The third-order valence-corrected chi connectivity index (χ3v) is 2.75. The molecule has 1 fully saturated rings. The zero-order valence-electron chi connectivity index (χ0n) is 8.51. The van der Waals surface area contributed by atoms with Crippen LogP contribution >= 0.6 is 0 Å². The van der Waals surface area contributed by atoms with Crippen LogP contribution < -0.4 is 0 Å². The molecular formula is C12H14F2O. The maximum Gasteiger partial charge on any atom is 0.159 e. The number of benzene rings is 1. The molecule has 1 aromatic carbocycles. The molecule has 1 atom stereocenters. The minimum Gasteiger partial charge on any atom is -0.374 e. The molecule has 1 aliphatic rings. The second-order valence-electron chi connectivity index (χ2n) is 3.88. The molecule has 1 aromatic rings. The standard InChI is InChI=1S/C12H14F2O/c13-10-6-5-9(8-11(10)14)12-4-2-1-3-7-15-12/h5-6,8,12H,1-4,7H2/t12-/m0/s1. The summed E-state index contributed by atoms with van der Waals surface area (Å²) in [5.41, 5.74) is 0.746. The van der Waals surface area contributed by atoms with Crippen LogP contribution in [0.1, 0.15) is 37.4 Å². The molecule has 0 aliphatic carbocycles. The van der Waals surface area contributed by atoms with Gasteiger partial charge in [0.25, 0.3) is 0 Å². The van der Waals surface area contributed by atoms with Gasteiger partial charge in [-0.1, -0.05) is 18.9 Å². The van der Waals surface area contributed by atoms with Crippen molar-refractivity contribution in [3.8, 4) is 0 Å². The molecule has 1 aliphatic heterocycles. The van der Waals surface area contributed by atoms with Gasteiger partial charge in [0, 0.05) is 6.61 Å². The number of hydrogen-bond acceptors (Lipinski definition) is 1. The normalized spacial score (nSPS) is 22.4. The molecule has 0 unspecified atom stereocenters. The Morgan fingerprint density at radius 3 is 2.73 bits per heavy atom. The highest BCUT2D eigenvalue weighted by Gasteiger charge is 2.16. The topological polar surface area (TPSA) is 9.23 Å². The van der Waals surface area contributed by atoms with Crippen molar-refractivity contribution in [2.24, 2.45) is 0 Å². The molecule has 0 aromatic heterocycles. The van der Waals surface area contributed by atoms with Gasteiger partial charge < -0.3 is 4.74 Å². The second kappa shape index (κ2) is 4.71. The summed E-state index contributed by atoms with van der Waals surface area (Å²) in [6, 6.07) is 4.01. The Kier molecular flexibility index (Phi) is 3.31. The van der Waals surface area contributed by atoms with Crippen molar-refractivity contribution in [2.45, 2.75) is 31.8 Å². The Balaban J connectivity index is 2.16. The van der Waals surface area contributed by atoms with E-state index in [4.69, 9.17) is 4.74 Å². The maximum atomic E-state index is 13.0. The lowest BCUT2D eigenvalue weighted by molar-refractivity contribution is 0.0580. The van der Waals surface area contributed by atoms with Gasteiger partial charge in [0.15, 0.2) is 11.6 Å². The summed E-state index contributed by atoms with van der Waals surface area (Å²) in [7, 11) is 0. The number of halogens is 2. The van der Waals surface area contributed by atoms with Crippen LogP contribution in [0.5, 0.6) is 0 Å². The smallest absolute Gasteiger partial charge is 0.159 e. The fourth-order valence-electron chi connectivity index (χ4n) is 1.89. The molecule has 1 heterocycles. The van der Waals surface area contributed by atoms with Gasteiger partial charge >= 0.3 is 0 Å². The van der Waals surface area contributed by atoms with Gasteiger partial charge in [-0.15, -0.1) is 0 Å². The van der Waals surface area contributed by atoms with Gasteiger partial charge in [-0.2, -0.15) is 0 Å². The van der Waals surface area contributed by atoms with Gasteiger partial charge in [0.05, 0.1) is 6.10 Å². The summed E-state index contributed by atoms with van der Waals surface area (Å²) in [4.78, 5) is 0. The average Bonchev–Trinajstić information content (AvgIpc) is 2.50. The lowest BCUT2D eigenvalue weighted by Gasteiger charge is -2.15. The summed E-state index contributed by atoms with van der Waals surface area (Å²) >= 11 is 0. The van der Waals surface area contributed by atoms with Crippen molar-refractivity contribution in [2.75, 3.05) is 6.61 Å². The average molecular weight is 212 g/mol. The Bertz CT molecular complexity index is 330. The molecule has 82 valence electrons. The van der Waals surface area contributed by atoms with Crippen molar-refractivity contribution < 1.29 is 13.5 Å². The summed E-state index contributed by atoms with van der Waals surface area (Å²) in [6.45, 7) is 0.712. The van der Waals surface area contributed by atoms with Crippen molar-refractivity contribution in [1.29, 1.82) is 0 Å². The molecule has 0 saturated carbocycles. The van der Waals surface area contributed by atoms with Gasteiger partial charge in [-0.05, 0) is 30.5 Å². The van der Waals surface area contributed by atoms with Crippen molar-refractivity contribution in [3.05, 3.63) is 35.4 Å². The Labute approximate surface area is 88.1 Å². The van der Waals surface area contributed by atoms with Crippen LogP contribution in [0.3, 0.4) is 0 Å². The van der Waals surface area contributed by atoms with Crippen LogP contribution in [0.2, 0.25) is 0 Å². The van der Waals surface area contributed by atoms with Crippen LogP contribution in [0.15, 0.2) is 18.2 Å². The number of hydrogen-bond donors (Lipinski definition) is 0. The SMILES string of the molecule is Fc1ccc([C@@H]2CCCCCO2)cc1F. The lowest BCUT2D eigenvalue weighted by Crippen LogP contribution is -2.03. The summed E-state index contributed by atoms with van der Waals surface area (Å²) < 4.78 is 31.3. The minimum atomic E-state index is -0.799. The molecule has 0 spiro atoms. The molecule has 1 nitrogen and oxygen atoms in total. The first-order chi connectivity index (χ1) is 7.27. The number of ether oxygens (including phenoxy) is 1. The van der Waals surface area contributed by atoms with Crippen LogP contribution in [0, 0.1) is 11.6 Å². The van der Waals surface area contributed by atoms with E-state index in [1.165, 1.54) is 12.1 Å². The predicted octanol–water partition coefficient (Wildman–Crippen LogP) is 3.60. The van der Waals surface area contributed by atoms with Crippen molar-refractivity contribution in [3.63, 3.8) is 0 Å². The van der Waals surface area contributed by atoms with Crippen LogP contribution in [-0.4, -0.2) is 6.61 Å². The molecule has 15 heavy (non-hydrogen) atoms. The largest absolute Gasteiger partial charge is 0.374 e. The monoisotopic (exact) mass is 212 g/mol. The highest BCUT2D eigenvalue weighted by atomic mass is 19.2. The molecule has 1 saturated heterocycles.